The zero-order valence-electron chi connectivity index (χ0n) is 19.5. The number of anilines is 1. The van der Waals surface area contributed by atoms with E-state index >= 15 is 0 Å². The molecule has 19 heteroatoms. The number of nitrogens with two attached hydrogens (primary N) is 1. The molecule has 0 saturated carbocycles. The summed E-state index contributed by atoms with van der Waals surface area (Å²) in [5, 5.41) is 8.78. The number of ether oxygens (including phenoxy) is 2. The molecule has 0 aliphatic carbocycles. The monoisotopic (exact) mass is 551 g/mol. The first kappa shape index (κ1) is 25.7. The first-order chi connectivity index (χ1) is 18.2. The summed E-state index contributed by atoms with van der Waals surface area (Å²) in [4.78, 5) is 55.6. The second kappa shape index (κ2) is 10.4. The predicted molar refractivity (Wildman–Crippen MR) is 126 cm³/mol. The maximum Gasteiger partial charge on any atom is 0.506 e. The van der Waals surface area contributed by atoms with E-state index in [9.17, 15) is 19.0 Å². The minimum atomic E-state index is -4.47. The first-order valence-electron chi connectivity index (χ1n) is 11.2. The van der Waals surface area contributed by atoms with Crippen molar-refractivity contribution in [3.8, 4) is 0 Å². The molecule has 0 aromatic carbocycles. The lowest BCUT2D eigenvalue weighted by molar-refractivity contribution is -0.0223. The number of hydrogen-bond donors (Lipinski definition) is 4. The Morgan fingerprint density at radius 1 is 1.26 bits per heavy atom. The molecule has 1 unspecified atom stereocenters. The molecule has 1 aliphatic rings. The Morgan fingerprint density at radius 2 is 2.11 bits per heavy atom. The number of imidazole rings is 2. The lowest BCUT2D eigenvalue weighted by atomic mass is 10.2. The second-order valence-corrected chi connectivity index (χ2v) is 9.58. The zero-order chi connectivity index (χ0) is 26.9. The fraction of sp³-hybridized carbons (Fsp3) is 0.421. The van der Waals surface area contributed by atoms with Crippen molar-refractivity contribution in [3.05, 3.63) is 35.0 Å². The average molecular weight is 551 g/mol. The smallest absolute Gasteiger partial charge is 0.450 e. The van der Waals surface area contributed by atoms with Crippen LogP contribution >= 0.6 is 7.82 Å². The summed E-state index contributed by atoms with van der Waals surface area (Å²) in [7, 11) is -4.47. The summed E-state index contributed by atoms with van der Waals surface area (Å²) in [6, 6.07) is 0. The highest BCUT2D eigenvalue weighted by Crippen LogP contribution is 2.44. The van der Waals surface area contributed by atoms with Gasteiger partial charge in [0.1, 0.15) is 23.9 Å². The van der Waals surface area contributed by atoms with Gasteiger partial charge in [0.2, 0.25) is 5.95 Å². The molecule has 1 fully saturated rings. The first-order valence-corrected chi connectivity index (χ1v) is 12.7. The molecule has 1 aliphatic heterocycles. The van der Waals surface area contributed by atoms with Crippen molar-refractivity contribution in [2.45, 2.75) is 38.3 Å². The molecule has 202 valence electrons. The second-order valence-electron chi connectivity index (χ2n) is 8.13. The average Bonchev–Trinajstić information content (AvgIpc) is 3.58. The SMILES string of the molecule is Nc1nc2c(ncn2[C@H]2CC[C@@H](COP(=O)(O)OCCn3c(COC(=O)O)nc4cncnc43)O2)c(=O)[nH]1. The summed E-state index contributed by atoms with van der Waals surface area (Å²) in [5.74, 6) is 0.161. The van der Waals surface area contributed by atoms with Gasteiger partial charge in [-0.25, -0.2) is 29.3 Å². The topological polar surface area (TPSA) is 245 Å². The fourth-order valence-corrected chi connectivity index (χ4v) is 4.77. The van der Waals surface area contributed by atoms with Crippen LogP contribution in [0, 0.1) is 0 Å². The lowest BCUT2D eigenvalue weighted by Crippen LogP contribution is -2.18. The third kappa shape index (κ3) is 5.48. The molecule has 5 N–H and O–H groups in total. The molecule has 4 aromatic heterocycles. The van der Waals surface area contributed by atoms with Gasteiger partial charge in [-0.15, -0.1) is 0 Å². The van der Waals surface area contributed by atoms with Gasteiger partial charge in [0.05, 0.1) is 31.8 Å². The summed E-state index contributed by atoms with van der Waals surface area (Å²) in [6.45, 7) is -0.862. The van der Waals surface area contributed by atoms with Crippen LogP contribution < -0.4 is 11.3 Å². The van der Waals surface area contributed by atoms with Gasteiger partial charge in [0, 0.05) is 6.54 Å². The van der Waals surface area contributed by atoms with Crippen LogP contribution in [0.4, 0.5) is 10.7 Å². The highest BCUT2D eigenvalue weighted by atomic mass is 31.2. The Hall–Kier alpha value is -3.96. The number of phosphoric ester groups is 1. The number of nitrogens with one attached hydrogen (secondary N) is 1. The molecule has 0 spiro atoms. The number of nitrogens with zero attached hydrogens (tertiary/aromatic N) is 7. The van der Waals surface area contributed by atoms with Crippen LogP contribution in [0.3, 0.4) is 0 Å². The molecule has 18 nitrogen and oxygen atoms in total. The van der Waals surface area contributed by atoms with Crippen LogP contribution in [0.25, 0.3) is 22.3 Å². The quantitative estimate of drug-likeness (QED) is 0.155. The minimum Gasteiger partial charge on any atom is -0.450 e. The van der Waals surface area contributed by atoms with Crippen LogP contribution in [0.2, 0.25) is 0 Å². The molecule has 38 heavy (non-hydrogen) atoms. The number of rotatable bonds is 10. The Kier molecular flexibility index (Phi) is 7.04. The molecule has 5 rings (SSSR count). The van der Waals surface area contributed by atoms with Crippen molar-refractivity contribution < 1.29 is 37.9 Å². The largest absolute Gasteiger partial charge is 0.506 e. The maximum absolute atomic E-state index is 12.4. The molecular weight excluding hydrogens is 529 g/mol. The normalized spacial score (nSPS) is 19.2. The number of aromatic amines is 1. The van der Waals surface area contributed by atoms with Crippen LogP contribution in [0.15, 0.2) is 23.6 Å². The van der Waals surface area contributed by atoms with Crippen molar-refractivity contribution in [1.82, 2.24) is 39.0 Å². The van der Waals surface area contributed by atoms with Crippen LogP contribution in [0.1, 0.15) is 24.9 Å². The van der Waals surface area contributed by atoms with Gasteiger partial charge in [0.15, 0.2) is 23.4 Å². The summed E-state index contributed by atoms with van der Waals surface area (Å²) in [5.41, 5.74) is 6.29. The van der Waals surface area contributed by atoms with Gasteiger partial charge >= 0.3 is 14.0 Å². The standard InChI is InChI=1S/C19H22N9O9P/c20-18-25-16-14(17(29)26-18)23-9-28(16)13-2-1-10(37-13)6-36-38(32,33)35-4-3-27-12(7-34-19(30)31)24-11-5-21-8-22-15(11)27/h5,8-10,13H,1-4,6-7H2,(H,30,31)(H,32,33)(H3,20,25,26,29)/t10-,13+/m0/s1. The number of carbonyl (C=O) groups is 1. The molecule has 4 aromatic rings. The number of phosphoric acid groups is 1. The van der Waals surface area contributed by atoms with Crippen molar-refractivity contribution in [2.24, 2.45) is 0 Å². The van der Waals surface area contributed by atoms with Crippen molar-refractivity contribution in [2.75, 3.05) is 18.9 Å². The molecule has 3 atom stereocenters. The van der Waals surface area contributed by atoms with Gasteiger partial charge < -0.3 is 29.8 Å². The molecular formula is C19H22N9O9P. The third-order valence-electron chi connectivity index (χ3n) is 5.65. The number of nitrogen functional groups attached to an aromatic ring is 1. The van der Waals surface area contributed by atoms with E-state index in [4.69, 9.17) is 24.6 Å². The van der Waals surface area contributed by atoms with E-state index in [2.05, 4.69) is 34.6 Å². The maximum atomic E-state index is 12.4. The van der Waals surface area contributed by atoms with E-state index < -0.39 is 31.9 Å². The zero-order valence-corrected chi connectivity index (χ0v) is 20.4. The Balaban J connectivity index is 1.16. The molecule has 0 bridgehead atoms. The van der Waals surface area contributed by atoms with E-state index in [0.717, 1.165) is 0 Å². The van der Waals surface area contributed by atoms with Gasteiger partial charge in [-0.05, 0) is 12.8 Å². The van der Waals surface area contributed by atoms with Gasteiger partial charge in [-0.2, -0.15) is 4.98 Å². The van der Waals surface area contributed by atoms with Crippen LogP contribution in [-0.4, -0.2) is 74.5 Å². The van der Waals surface area contributed by atoms with Crippen LogP contribution in [0.5, 0.6) is 0 Å². The van der Waals surface area contributed by atoms with Gasteiger partial charge in [-0.1, -0.05) is 0 Å². The fourth-order valence-electron chi connectivity index (χ4n) is 4.03. The molecule has 0 amide bonds. The van der Waals surface area contributed by atoms with E-state index in [1.54, 1.807) is 4.57 Å². The van der Waals surface area contributed by atoms with Crippen molar-refractivity contribution >= 4 is 42.3 Å². The predicted octanol–water partition coefficient (Wildman–Crippen LogP) is 0.547. The highest BCUT2D eigenvalue weighted by molar-refractivity contribution is 7.47. The molecule has 0 radical (unpaired) electrons. The minimum absolute atomic E-state index is 0.00467. The summed E-state index contributed by atoms with van der Waals surface area (Å²) in [6.07, 6.45) is 2.62. The van der Waals surface area contributed by atoms with E-state index in [1.165, 1.54) is 23.4 Å². The van der Waals surface area contributed by atoms with E-state index in [1.807, 2.05) is 0 Å². The van der Waals surface area contributed by atoms with Crippen molar-refractivity contribution in [1.29, 1.82) is 0 Å². The van der Waals surface area contributed by atoms with Crippen molar-refractivity contribution in [3.63, 3.8) is 0 Å². The molecule has 1 saturated heterocycles. The van der Waals surface area contributed by atoms with Gasteiger partial charge in [-0.3, -0.25) is 23.4 Å². The number of hydrogen-bond acceptors (Lipinski definition) is 13. The summed E-state index contributed by atoms with van der Waals surface area (Å²) < 4.78 is 36.2. The Labute approximate surface area is 212 Å². The number of aromatic nitrogens is 8. The number of H-pyrrole nitrogens is 1. The Morgan fingerprint density at radius 3 is 2.92 bits per heavy atom. The molecule has 5 heterocycles. The van der Waals surface area contributed by atoms with E-state index in [-0.39, 0.29) is 49.3 Å². The number of fused-ring (bicyclic) bond motifs is 2. The van der Waals surface area contributed by atoms with E-state index in [0.29, 0.717) is 24.0 Å². The lowest BCUT2D eigenvalue weighted by Gasteiger charge is -2.17. The number of carboxylic acid groups (broad SMARTS) is 1. The van der Waals surface area contributed by atoms with Crippen LogP contribution in [-0.2, 0) is 36.2 Å². The highest BCUT2D eigenvalue weighted by Gasteiger charge is 2.31. The summed E-state index contributed by atoms with van der Waals surface area (Å²) >= 11 is 0. The Bertz CT molecular complexity index is 1580. The third-order valence-corrected chi connectivity index (χ3v) is 6.64. The van der Waals surface area contributed by atoms with Gasteiger partial charge in [0.25, 0.3) is 5.56 Å².